The molecule has 0 radical (unpaired) electrons. The van der Waals surface area contributed by atoms with E-state index in [0.717, 1.165) is 89.0 Å². The predicted molar refractivity (Wildman–Crippen MR) is 283 cm³/mol. The number of carbonyl (C=O) groups is 4. The number of hydrogen-bond acceptors (Lipinski definition) is 12. The van der Waals surface area contributed by atoms with Gasteiger partial charge in [-0.2, -0.15) is 0 Å². The fourth-order valence-electron chi connectivity index (χ4n) is 10.2. The van der Waals surface area contributed by atoms with Crippen LogP contribution in [-0.2, 0) is 18.9 Å². The number of phenols is 4. The van der Waals surface area contributed by atoms with E-state index >= 15 is 0 Å². The molecule has 0 fully saturated rings. The van der Waals surface area contributed by atoms with Crippen molar-refractivity contribution in [2.75, 3.05) is 0 Å². The number of rotatable bonds is 8. The topological polar surface area (TPSA) is 186 Å². The van der Waals surface area contributed by atoms with Crippen LogP contribution in [0.3, 0.4) is 0 Å². The average molecular weight is 985 g/mol. The molecule has 0 bridgehead atoms. The van der Waals surface area contributed by atoms with Crippen LogP contribution in [0.25, 0.3) is 43.1 Å². The fraction of sp³-hybridized carbons (Fsp3) is 0.279. The van der Waals surface area contributed by atoms with Crippen molar-refractivity contribution >= 4 is 67.0 Å². The van der Waals surface area contributed by atoms with Crippen molar-refractivity contribution in [1.29, 1.82) is 0 Å². The van der Waals surface area contributed by atoms with Crippen molar-refractivity contribution in [3.05, 3.63) is 160 Å². The molecule has 376 valence electrons. The molecule has 0 saturated heterocycles. The molecular formula is C61H60O12. The van der Waals surface area contributed by atoms with Crippen LogP contribution in [0.4, 0.5) is 0 Å². The third kappa shape index (κ3) is 8.28. The Kier molecular flexibility index (Phi) is 12.8. The van der Waals surface area contributed by atoms with E-state index in [1.165, 1.54) is 48.5 Å². The SMILES string of the molecule is Cc1c(C)c(C)c2cc(C(=O)OC(OC(=O)c3cc4c(C)c(C)c(C)c(C)c4cc3O)(OC(=O)c3cc4c(C)c(C)c(C)c(C)c4cc3O)OC(=O)c3cc4c(C)c(C)c(C)c(C)c4cc3O)c(O)cc2c1C. The minimum Gasteiger partial charge on any atom is -0.507 e. The molecule has 0 amide bonds. The van der Waals surface area contributed by atoms with Gasteiger partial charge in [0.25, 0.3) is 0 Å². The van der Waals surface area contributed by atoms with Gasteiger partial charge in [-0.05, 0) is 291 Å². The minimum atomic E-state index is -3.86. The lowest BCUT2D eigenvalue weighted by Crippen LogP contribution is -2.48. The zero-order chi connectivity index (χ0) is 53.8. The third-order valence-corrected chi connectivity index (χ3v) is 16.3. The number of fused-ring (bicyclic) bond motifs is 4. The lowest BCUT2D eigenvalue weighted by Gasteiger charge is -2.29. The summed E-state index contributed by atoms with van der Waals surface area (Å²) in [7, 11) is 0. The molecule has 0 aromatic heterocycles. The molecular weight excluding hydrogens is 925 g/mol. The maximum Gasteiger partial charge on any atom is 0.620 e. The van der Waals surface area contributed by atoms with Crippen LogP contribution in [0.2, 0.25) is 0 Å². The number of benzene rings is 8. The second kappa shape index (κ2) is 18.2. The summed E-state index contributed by atoms with van der Waals surface area (Å²) in [4.78, 5) is 59.6. The van der Waals surface area contributed by atoms with Gasteiger partial charge in [0.05, 0.1) is 0 Å². The van der Waals surface area contributed by atoms with Gasteiger partial charge < -0.3 is 39.4 Å². The molecule has 12 heteroatoms. The van der Waals surface area contributed by atoms with Crippen molar-refractivity contribution < 1.29 is 58.6 Å². The van der Waals surface area contributed by atoms with Gasteiger partial charge in [0.1, 0.15) is 45.3 Å². The summed E-state index contributed by atoms with van der Waals surface area (Å²) in [6.07, 6.45) is -3.86. The van der Waals surface area contributed by atoms with Gasteiger partial charge in [0.2, 0.25) is 0 Å². The Morgan fingerprint density at radius 1 is 0.260 bits per heavy atom. The first-order chi connectivity index (χ1) is 34.1. The summed E-state index contributed by atoms with van der Waals surface area (Å²) in [6, 6.07) is 10.9. The predicted octanol–water partition coefficient (Wildman–Crippen LogP) is 13.4. The van der Waals surface area contributed by atoms with Gasteiger partial charge in [0, 0.05) is 0 Å². The summed E-state index contributed by atoms with van der Waals surface area (Å²) in [5, 5.41) is 51.1. The zero-order valence-electron chi connectivity index (χ0n) is 44.2. The molecule has 0 aliphatic heterocycles. The van der Waals surface area contributed by atoms with Crippen LogP contribution >= 0.6 is 0 Å². The van der Waals surface area contributed by atoms with E-state index in [0.29, 0.717) is 43.1 Å². The standard InChI is InChI=1S/C61H60O12/c1-25-29(5)37(13)45-21-53(62)49(17-41(45)33(25)9)57(66)70-61(71-58(67)50-18-42-34(10)26(2)30(6)38(14)46(42)22-54(50)63,72-59(68)51-19-43-35(11)27(3)31(7)39(15)47(43)23-55(51)64)73-60(69)52-20-44-36(12)28(4)32(8)40(16)48(44)24-56(52)65/h17-24,62-65H,1-16H3. The lowest BCUT2D eigenvalue weighted by molar-refractivity contribution is -0.413. The van der Waals surface area contributed by atoms with E-state index in [-0.39, 0.29) is 0 Å². The summed E-state index contributed by atoms with van der Waals surface area (Å²) < 4.78 is 23.6. The second-order valence-corrected chi connectivity index (χ2v) is 19.7. The van der Waals surface area contributed by atoms with Crippen LogP contribution in [-0.4, -0.2) is 50.5 Å². The van der Waals surface area contributed by atoms with Crippen molar-refractivity contribution in [2.24, 2.45) is 0 Å². The van der Waals surface area contributed by atoms with E-state index in [4.69, 9.17) is 18.9 Å². The normalized spacial score (nSPS) is 11.7. The van der Waals surface area contributed by atoms with Crippen LogP contribution in [0.15, 0.2) is 48.5 Å². The highest BCUT2D eigenvalue weighted by Crippen LogP contribution is 2.41. The highest BCUT2D eigenvalue weighted by Gasteiger charge is 2.52. The van der Waals surface area contributed by atoms with E-state index in [9.17, 15) is 39.6 Å². The molecule has 12 nitrogen and oxygen atoms in total. The Morgan fingerprint density at radius 2 is 0.397 bits per heavy atom. The number of ether oxygens (including phenoxy) is 4. The van der Waals surface area contributed by atoms with Crippen LogP contribution < -0.4 is 0 Å². The first-order valence-electron chi connectivity index (χ1n) is 24.0. The lowest BCUT2D eigenvalue weighted by atomic mass is 9.90. The van der Waals surface area contributed by atoms with Gasteiger partial charge in [-0.25, -0.2) is 19.2 Å². The molecule has 0 aliphatic rings. The Bertz CT molecular complexity index is 3320. The minimum absolute atomic E-state index is 0.507. The number of aromatic hydroxyl groups is 4. The van der Waals surface area contributed by atoms with Gasteiger partial charge >= 0.3 is 30.0 Å². The van der Waals surface area contributed by atoms with Crippen LogP contribution in [0.1, 0.15) is 130 Å². The number of hydrogen-bond donors (Lipinski definition) is 4. The highest BCUT2D eigenvalue weighted by atomic mass is 17.0. The molecule has 0 atom stereocenters. The summed E-state index contributed by atoms with van der Waals surface area (Å²) in [5.41, 5.74) is 12.0. The maximum atomic E-state index is 14.9. The molecule has 8 rings (SSSR count). The Hall–Kier alpha value is -8.12. The number of esters is 4. The van der Waals surface area contributed by atoms with Crippen LogP contribution in [0.5, 0.6) is 23.0 Å². The molecule has 0 heterocycles. The quantitative estimate of drug-likeness (QED) is 0.0835. The van der Waals surface area contributed by atoms with Crippen molar-refractivity contribution in [3.8, 4) is 23.0 Å². The Labute approximate surface area is 423 Å². The van der Waals surface area contributed by atoms with Crippen molar-refractivity contribution in [1.82, 2.24) is 0 Å². The molecule has 0 spiro atoms. The molecule has 0 unspecified atom stereocenters. The molecule has 8 aromatic carbocycles. The monoisotopic (exact) mass is 984 g/mol. The second-order valence-electron chi connectivity index (χ2n) is 19.7. The van der Waals surface area contributed by atoms with Gasteiger partial charge in [-0.1, -0.05) is 0 Å². The van der Waals surface area contributed by atoms with Gasteiger partial charge in [-0.3, -0.25) is 0 Å². The molecule has 73 heavy (non-hydrogen) atoms. The fourth-order valence-corrected chi connectivity index (χ4v) is 10.2. The summed E-state index contributed by atoms with van der Waals surface area (Å²) in [5.74, 6) is -8.33. The third-order valence-electron chi connectivity index (χ3n) is 16.3. The number of phenolic OH excluding ortho intramolecular Hbond substituents is 4. The maximum absolute atomic E-state index is 14.9. The number of carbonyl (C=O) groups excluding carboxylic acids is 4. The number of aryl methyl sites for hydroxylation is 8. The molecule has 0 saturated carbocycles. The van der Waals surface area contributed by atoms with E-state index in [1.54, 1.807) is 0 Å². The van der Waals surface area contributed by atoms with Crippen LogP contribution in [0, 0.1) is 111 Å². The largest absolute Gasteiger partial charge is 0.620 e. The molecule has 0 aliphatic carbocycles. The van der Waals surface area contributed by atoms with Crippen molar-refractivity contribution in [3.63, 3.8) is 0 Å². The summed E-state index contributed by atoms with van der Waals surface area (Å²) in [6.45, 7) is 30.3. The molecule has 4 N–H and O–H groups in total. The first kappa shape index (κ1) is 51.2. The zero-order valence-corrected chi connectivity index (χ0v) is 44.2. The average Bonchev–Trinajstić information content (AvgIpc) is 3.35. The van der Waals surface area contributed by atoms with Gasteiger partial charge in [-0.15, -0.1) is 0 Å². The van der Waals surface area contributed by atoms with E-state index in [2.05, 4.69) is 0 Å². The highest BCUT2D eigenvalue weighted by molar-refractivity contribution is 6.06. The van der Waals surface area contributed by atoms with Crippen molar-refractivity contribution in [2.45, 2.75) is 117 Å². The summed E-state index contributed by atoms with van der Waals surface area (Å²) >= 11 is 0. The Morgan fingerprint density at radius 3 is 0.548 bits per heavy atom. The van der Waals surface area contributed by atoms with E-state index in [1.807, 2.05) is 111 Å². The smallest absolute Gasteiger partial charge is 0.507 e. The van der Waals surface area contributed by atoms with Gasteiger partial charge in [0.15, 0.2) is 0 Å². The van der Waals surface area contributed by atoms with E-state index < -0.39 is 75.3 Å². The first-order valence-corrected chi connectivity index (χ1v) is 24.0. The Balaban J connectivity index is 1.38. The molecule has 8 aromatic rings.